The van der Waals surface area contributed by atoms with E-state index in [0.717, 1.165) is 12.0 Å². The number of allylic oxidation sites excluding steroid dienone is 1. The molecule has 3 rings (SSSR count). The Kier molecular flexibility index (Phi) is 5.28. The van der Waals surface area contributed by atoms with Crippen LogP contribution in [0, 0.1) is 5.92 Å². The fourth-order valence-electron chi connectivity index (χ4n) is 3.01. The van der Waals surface area contributed by atoms with Crippen LogP contribution in [0.25, 0.3) is 0 Å². The third kappa shape index (κ3) is 3.64. The van der Waals surface area contributed by atoms with Gasteiger partial charge >= 0.3 is 5.97 Å². The highest BCUT2D eigenvalue weighted by Crippen LogP contribution is 2.40. The van der Waals surface area contributed by atoms with Crippen molar-refractivity contribution in [2.24, 2.45) is 5.92 Å². The molecule has 0 bridgehead atoms. The zero-order valence-electron chi connectivity index (χ0n) is 14.6. The number of aromatic nitrogens is 3. The third-order valence-corrected chi connectivity index (χ3v) is 4.45. The molecule has 2 aromatic rings. The van der Waals surface area contributed by atoms with Crippen molar-refractivity contribution in [1.82, 2.24) is 14.8 Å². The van der Waals surface area contributed by atoms with Gasteiger partial charge in [0.1, 0.15) is 6.10 Å². The summed E-state index contributed by atoms with van der Waals surface area (Å²) in [7, 11) is 0. The maximum atomic E-state index is 12.0. The van der Waals surface area contributed by atoms with Crippen LogP contribution in [0.4, 0.5) is 0 Å². The molecule has 0 fully saturated rings. The molecule has 0 radical (unpaired) electrons. The second-order valence-corrected chi connectivity index (χ2v) is 6.14. The van der Waals surface area contributed by atoms with Gasteiger partial charge in [-0.3, -0.25) is 0 Å². The molecule has 0 saturated heterocycles. The molecular weight excluding hydrogens is 318 g/mol. The van der Waals surface area contributed by atoms with Crippen molar-refractivity contribution < 1.29 is 14.3 Å². The van der Waals surface area contributed by atoms with Crippen molar-refractivity contribution in [3.05, 3.63) is 60.2 Å². The second-order valence-electron chi connectivity index (χ2n) is 6.14. The first kappa shape index (κ1) is 17.4. The molecule has 3 atom stereocenters. The highest BCUT2D eigenvalue weighted by molar-refractivity contribution is 5.85. The summed E-state index contributed by atoms with van der Waals surface area (Å²) in [6.07, 6.45) is 2.45. The van der Waals surface area contributed by atoms with E-state index in [1.165, 1.54) is 0 Å². The molecular formula is C19H23N3O3. The first-order valence-electron chi connectivity index (χ1n) is 8.55. The lowest BCUT2D eigenvalue weighted by Gasteiger charge is -2.17. The number of carbonyl (C=O) groups excluding carboxylic acids is 1. The van der Waals surface area contributed by atoms with Gasteiger partial charge in [0.25, 0.3) is 5.82 Å². The minimum absolute atomic E-state index is 0.0731. The normalized spacial score (nSPS) is 20.1. The van der Waals surface area contributed by atoms with Gasteiger partial charge in [-0.2, -0.15) is 0 Å². The van der Waals surface area contributed by atoms with Crippen LogP contribution in [-0.4, -0.2) is 27.3 Å². The molecule has 1 aliphatic heterocycles. The average molecular weight is 341 g/mol. The lowest BCUT2D eigenvalue weighted by atomic mass is 9.99. The van der Waals surface area contributed by atoms with Gasteiger partial charge in [0.05, 0.1) is 19.3 Å². The van der Waals surface area contributed by atoms with Gasteiger partial charge in [-0.15, -0.1) is 11.7 Å². The third-order valence-electron chi connectivity index (χ3n) is 4.45. The maximum absolute atomic E-state index is 12.0. The van der Waals surface area contributed by atoms with Gasteiger partial charge in [-0.25, -0.2) is 14.5 Å². The van der Waals surface area contributed by atoms with Crippen LogP contribution in [0.1, 0.15) is 54.4 Å². The van der Waals surface area contributed by atoms with Crippen LogP contribution in [0.3, 0.4) is 0 Å². The highest BCUT2D eigenvalue weighted by Gasteiger charge is 2.38. The summed E-state index contributed by atoms with van der Waals surface area (Å²) in [5.41, 5.74) is 1.10. The van der Waals surface area contributed by atoms with E-state index < -0.39 is 5.97 Å². The lowest BCUT2D eigenvalue weighted by Crippen LogP contribution is -2.15. The van der Waals surface area contributed by atoms with Crippen LogP contribution in [0.2, 0.25) is 0 Å². The van der Waals surface area contributed by atoms with Crippen molar-refractivity contribution in [1.29, 1.82) is 0 Å². The highest BCUT2D eigenvalue weighted by atomic mass is 16.5. The molecule has 0 N–H and O–H groups in total. The number of hydrogen-bond donors (Lipinski definition) is 0. The smallest absolute Gasteiger partial charge is 0.378 e. The van der Waals surface area contributed by atoms with Crippen LogP contribution in [-0.2, 0) is 16.1 Å². The number of fused-ring (bicyclic) bond motifs is 1. The SMILES string of the molecule is C=CC(C)C1CC(OCc2ccccc2)c2nc(C(=O)OCC)nn21. The Balaban J connectivity index is 1.81. The molecule has 1 aliphatic rings. The molecule has 0 saturated carbocycles. The van der Waals surface area contributed by atoms with Gasteiger partial charge in [0.15, 0.2) is 5.82 Å². The number of rotatable bonds is 7. The summed E-state index contributed by atoms with van der Waals surface area (Å²) < 4.78 is 12.9. The Labute approximate surface area is 147 Å². The summed E-state index contributed by atoms with van der Waals surface area (Å²) in [6, 6.07) is 10.1. The summed E-state index contributed by atoms with van der Waals surface area (Å²) in [4.78, 5) is 16.3. The summed E-state index contributed by atoms with van der Waals surface area (Å²) in [5.74, 6) is 0.459. The fraction of sp³-hybridized carbons (Fsp3) is 0.421. The van der Waals surface area contributed by atoms with Gasteiger partial charge < -0.3 is 9.47 Å². The summed E-state index contributed by atoms with van der Waals surface area (Å²) in [6.45, 7) is 8.49. The second kappa shape index (κ2) is 7.61. The van der Waals surface area contributed by atoms with Crippen molar-refractivity contribution in [3.8, 4) is 0 Å². The Bertz CT molecular complexity index is 742. The van der Waals surface area contributed by atoms with E-state index >= 15 is 0 Å². The van der Waals surface area contributed by atoms with Gasteiger partial charge in [-0.1, -0.05) is 43.3 Å². The molecule has 0 aliphatic carbocycles. The molecule has 25 heavy (non-hydrogen) atoms. The number of ether oxygens (including phenoxy) is 2. The molecule has 1 aromatic carbocycles. The van der Waals surface area contributed by atoms with Gasteiger partial charge in [0, 0.05) is 6.42 Å². The van der Waals surface area contributed by atoms with Crippen molar-refractivity contribution in [2.75, 3.05) is 6.61 Å². The topological polar surface area (TPSA) is 66.2 Å². The summed E-state index contributed by atoms with van der Waals surface area (Å²) in [5, 5.41) is 4.37. The van der Waals surface area contributed by atoms with Crippen molar-refractivity contribution in [2.45, 2.75) is 39.0 Å². The first-order valence-corrected chi connectivity index (χ1v) is 8.55. The molecule has 3 unspecified atom stereocenters. The van der Waals surface area contributed by atoms with E-state index in [0.29, 0.717) is 19.0 Å². The van der Waals surface area contributed by atoms with E-state index in [1.807, 2.05) is 36.4 Å². The largest absolute Gasteiger partial charge is 0.460 e. The minimum Gasteiger partial charge on any atom is -0.460 e. The number of carbonyl (C=O) groups is 1. The minimum atomic E-state index is -0.504. The molecule has 0 amide bonds. The van der Waals surface area contributed by atoms with Crippen molar-refractivity contribution in [3.63, 3.8) is 0 Å². The van der Waals surface area contributed by atoms with E-state index in [4.69, 9.17) is 9.47 Å². The van der Waals surface area contributed by atoms with Gasteiger partial charge in [-0.05, 0) is 18.4 Å². The molecule has 2 heterocycles. The van der Waals surface area contributed by atoms with Crippen LogP contribution in [0.5, 0.6) is 0 Å². The molecule has 132 valence electrons. The molecule has 1 aromatic heterocycles. The zero-order valence-corrected chi connectivity index (χ0v) is 14.6. The Morgan fingerprint density at radius 1 is 1.44 bits per heavy atom. The predicted molar refractivity (Wildman–Crippen MR) is 93.0 cm³/mol. The molecule has 6 nitrogen and oxygen atoms in total. The van der Waals surface area contributed by atoms with Crippen LogP contribution in [0.15, 0.2) is 43.0 Å². The predicted octanol–water partition coefficient (Wildman–Crippen LogP) is 3.48. The van der Waals surface area contributed by atoms with E-state index in [2.05, 4.69) is 23.6 Å². The van der Waals surface area contributed by atoms with E-state index in [-0.39, 0.29) is 23.9 Å². The maximum Gasteiger partial charge on any atom is 0.378 e. The van der Waals surface area contributed by atoms with Gasteiger partial charge in [0.2, 0.25) is 0 Å². The van der Waals surface area contributed by atoms with E-state index in [1.54, 1.807) is 11.6 Å². The number of hydrogen-bond acceptors (Lipinski definition) is 5. The van der Waals surface area contributed by atoms with Crippen LogP contribution >= 0.6 is 0 Å². The monoisotopic (exact) mass is 341 g/mol. The standard InChI is InChI=1S/C19H23N3O3/c1-4-13(3)15-11-16(25-12-14-9-7-6-8-10-14)18-20-17(21-22(15)18)19(23)24-5-2/h4,6-10,13,15-16H,1,5,11-12H2,2-3H3. The van der Waals surface area contributed by atoms with Crippen molar-refractivity contribution >= 4 is 5.97 Å². The first-order chi connectivity index (χ1) is 12.1. The number of nitrogens with zero attached hydrogens (tertiary/aromatic N) is 3. The Morgan fingerprint density at radius 2 is 2.20 bits per heavy atom. The number of benzene rings is 1. The summed E-state index contributed by atoms with van der Waals surface area (Å²) >= 11 is 0. The lowest BCUT2D eigenvalue weighted by molar-refractivity contribution is 0.0333. The van der Waals surface area contributed by atoms with E-state index in [9.17, 15) is 4.79 Å². The Morgan fingerprint density at radius 3 is 2.88 bits per heavy atom. The zero-order chi connectivity index (χ0) is 17.8. The fourth-order valence-corrected chi connectivity index (χ4v) is 3.01. The molecule has 6 heteroatoms. The Hall–Kier alpha value is -2.47. The van der Waals surface area contributed by atoms with Crippen LogP contribution < -0.4 is 0 Å². The molecule has 0 spiro atoms. The average Bonchev–Trinajstić information content (AvgIpc) is 3.20. The number of esters is 1. The quantitative estimate of drug-likeness (QED) is 0.570.